The minimum Gasteiger partial charge on any atom is -0.493 e. The quantitative estimate of drug-likeness (QED) is 0.494. The van der Waals surface area contributed by atoms with E-state index in [9.17, 15) is 0 Å². The van der Waals surface area contributed by atoms with E-state index in [1.807, 2.05) is 12.4 Å². The third-order valence-corrected chi connectivity index (χ3v) is 5.15. The van der Waals surface area contributed by atoms with Crippen molar-refractivity contribution in [1.82, 2.24) is 9.55 Å². The van der Waals surface area contributed by atoms with Crippen LogP contribution in [-0.2, 0) is 6.42 Å². The average Bonchev–Trinajstić information content (AvgIpc) is 3.22. The highest BCUT2D eigenvalue weighted by Gasteiger charge is 2.15. The summed E-state index contributed by atoms with van der Waals surface area (Å²) < 4.78 is 8.01. The topological polar surface area (TPSA) is 27.1 Å². The van der Waals surface area contributed by atoms with Crippen LogP contribution in [0.5, 0.6) is 5.75 Å². The number of ether oxygens (including phenoxy) is 1. The van der Waals surface area contributed by atoms with Crippen LogP contribution in [0.1, 0.15) is 25.5 Å². The van der Waals surface area contributed by atoms with Crippen LogP contribution >= 0.6 is 0 Å². The van der Waals surface area contributed by atoms with Crippen LogP contribution in [0.2, 0.25) is 0 Å². The van der Waals surface area contributed by atoms with Crippen LogP contribution in [-0.4, -0.2) is 16.2 Å². The summed E-state index contributed by atoms with van der Waals surface area (Å²) in [6.45, 7) is 5.24. The van der Waals surface area contributed by atoms with Crippen LogP contribution in [0, 0.1) is 0 Å². The summed E-state index contributed by atoms with van der Waals surface area (Å²) in [5.74, 6) is 1.03. The lowest BCUT2D eigenvalue weighted by Crippen LogP contribution is -1.99. The molecule has 3 heteroatoms. The lowest BCUT2D eigenvalue weighted by molar-refractivity contribution is 0.357. The Morgan fingerprint density at radius 3 is 2.68 bits per heavy atom. The normalized spacial score (nSPS) is 13.6. The van der Waals surface area contributed by atoms with Gasteiger partial charge in [-0.25, -0.2) is 0 Å². The van der Waals surface area contributed by atoms with Crippen LogP contribution < -0.4 is 4.74 Å². The number of fused-ring (bicyclic) bond motifs is 4. The van der Waals surface area contributed by atoms with Gasteiger partial charge >= 0.3 is 0 Å². The van der Waals surface area contributed by atoms with Crippen molar-refractivity contribution in [3.63, 3.8) is 0 Å². The maximum atomic E-state index is 5.64. The molecule has 0 bridgehead atoms. The van der Waals surface area contributed by atoms with Gasteiger partial charge in [-0.2, -0.15) is 0 Å². The molecule has 25 heavy (non-hydrogen) atoms. The van der Waals surface area contributed by atoms with Gasteiger partial charge < -0.3 is 9.30 Å². The predicted octanol–water partition coefficient (Wildman–Crippen LogP) is 5.37. The van der Waals surface area contributed by atoms with Gasteiger partial charge in [-0.1, -0.05) is 12.1 Å². The molecule has 2 aromatic heterocycles. The van der Waals surface area contributed by atoms with Gasteiger partial charge in [-0.15, -0.1) is 0 Å². The Balaban J connectivity index is 1.76. The van der Waals surface area contributed by atoms with Gasteiger partial charge in [0.2, 0.25) is 0 Å². The molecular formula is C22H20N2O. The number of aromatic nitrogens is 2. The first-order valence-corrected chi connectivity index (χ1v) is 8.86. The Morgan fingerprint density at radius 2 is 1.80 bits per heavy atom. The molecule has 0 spiro atoms. The van der Waals surface area contributed by atoms with E-state index in [4.69, 9.17) is 4.74 Å². The molecule has 5 rings (SSSR count). The molecule has 4 aromatic rings. The second-order valence-corrected chi connectivity index (χ2v) is 7.01. The van der Waals surface area contributed by atoms with E-state index in [1.165, 1.54) is 38.5 Å². The molecule has 1 aliphatic heterocycles. The molecular weight excluding hydrogens is 308 g/mol. The van der Waals surface area contributed by atoms with E-state index < -0.39 is 0 Å². The number of hydrogen-bond acceptors (Lipinski definition) is 2. The molecule has 0 N–H and O–H groups in total. The Hall–Kier alpha value is -2.81. The Labute approximate surface area is 146 Å². The molecule has 124 valence electrons. The van der Waals surface area contributed by atoms with Gasteiger partial charge in [-0.05, 0) is 60.9 Å². The Bertz CT molecular complexity index is 1110. The highest BCUT2D eigenvalue weighted by Crippen LogP contribution is 2.36. The molecule has 0 atom stereocenters. The minimum absolute atomic E-state index is 0.396. The van der Waals surface area contributed by atoms with E-state index in [0.717, 1.165) is 18.8 Å². The zero-order valence-corrected chi connectivity index (χ0v) is 14.5. The van der Waals surface area contributed by atoms with Crippen LogP contribution in [0.3, 0.4) is 0 Å². The van der Waals surface area contributed by atoms with Crippen molar-refractivity contribution in [1.29, 1.82) is 0 Å². The summed E-state index contributed by atoms with van der Waals surface area (Å²) in [7, 11) is 0. The second-order valence-electron chi connectivity index (χ2n) is 7.01. The number of hydrogen-bond donors (Lipinski definition) is 0. The van der Waals surface area contributed by atoms with Gasteiger partial charge in [0.1, 0.15) is 5.75 Å². The SMILES string of the molecule is CC(C)n1c2ccc(-c3ccc4c(c3)CCO4)cc2c2ccncc21. The van der Waals surface area contributed by atoms with Crippen molar-refractivity contribution < 1.29 is 4.74 Å². The van der Waals surface area contributed by atoms with Gasteiger partial charge in [0.25, 0.3) is 0 Å². The Kier molecular flexibility index (Phi) is 3.11. The molecule has 0 fully saturated rings. The summed E-state index contributed by atoms with van der Waals surface area (Å²) in [5.41, 5.74) is 6.29. The fraction of sp³-hybridized carbons (Fsp3) is 0.227. The third-order valence-electron chi connectivity index (χ3n) is 5.15. The highest BCUT2D eigenvalue weighted by molar-refractivity contribution is 6.09. The van der Waals surface area contributed by atoms with Crippen molar-refractivity contribution in [3.8, 4) is 16.9 Å². The molecule has 2 aromatic carbocycles. The first kappa shape index (κ1) is 14.5. The van der Waals surface area contributed by atoms with Gasteiger partial charge in [-0.3, -0.25) is 4.98 Å². The number of benzene rings is 2. The molecule has 0 saturated carbocycles. The first-order valence-electron chi connectivity index (χ1n) is 8.86. The monoisotopic (exact) mass is 328 g/mol. The Morgan fingerprint density at radius 1 is 0.960 bits per heavy atom. The van der Waals surface area contributed by atoms with Crippen molar-refractivity contribution in [2.75, 3.05) is 6.61 Å². The van der Waals surface area contributed by atoms with Crippen LogP contribution in [0.15, 0.2) is 54.9 Å². The maximum absolute atomic E-state index is 5.64. The number of pyridine rings is 1. The van der Waals surface area contributed by atoms with Gasteiger partial charge in [0, 0.05) is 34.9 Å². The lowest BCUT2D eigenvalue weighted by atomic mass is 10.00. The fourth-order valence-electron chi connectivity index (χ4n) is 4.00. The molecule has 0 unspecified atom stereocenters. The molecule has 0 amide bonds. The van der Waals surface area contributed by atoms with E-state index in [1.54, 1.807) is 0 Å². The molecule has 0 radical (unpaired) electrons. The average molecular weight is 328 g/mol. The van der Waals surface area contributed by atoms with E-state index in [-0.39, 0.29) is 0 Å². The highest BCUT2D eigenvalue weighted by atomic mass is 16.5. The smallest absolute Gasteiger partial charge is 0.122 e. The van der Waals surface area contributed by atoms with Crippen molar-refractivity contribution in [3.05, 3.63) is 60.4 Å². The second kappa shape index (κ2) is 5.35. The van der Waals surface area contributed by atoms with E-state index >= 15 is 0 Å². The van der Waals surface area contributed by atoms with E-state index in [0.29, 0.717) is 6.04 Å². The van der Waals surface area contributed by atoms with Crippen molar-refractivity contribution >= 4 is 21.8 Å². The maximum Gasteiger partial charge on any atom is 0.122 e. The molecule has 0 aliphatic carbocycles. The lowest BCUT2D eigenvalue weighted by Gasteiger charge is -2.11. The summed E-state index contributed by atoms with van der Waals surface area (Å²) in [4.78, 5) is 4.34. The summed E-state index contributed by atoms with van der Waals surface area (Å²) in [6, 6.07) is 15.8. The summed E-state index contributed by atoms with van der Waals surface area (Å²) in [6.07, 6.45) is 4.86. The zero-order chi connectivity index (χ0) is 17.0. The molecule has 3 nitrogen and oxygen atoms in total. The molecule has 3 heterocycles. The van der Waals surface area contributed by atoms with E-state index in [2.05, 4.69) is 65.9 Å². The van der Waals surface area contributed by atoms with Crippen molar-refractivity contribution in [2.24, 2.45) is 0 Å². The predicted molar refractivity (Wildman–Crippen MR) is 102 cm³/mol. The van der Waals surface area contributed by atoms with Gasteiger partial charge in [0.15, 0.2) is 0 Å². The van der Waals surface area contributed by atoms with Crippen LogP contribution in [0.4, 0.5) is 0 Å². The minimum atomic E-state index is 0.396. The molecule has 1 aliphatic rings. The number of nitrogens with zero attached hydrogens (tertiary/aromatic N) is 2. The largest absolute Gasteiger partial charge is 0.493 e. The third kappa shape index (κ3) is 2.15. The first-order chi connectivity index (χ1) is 12.2. The zero-order valence-electron chi connectivity index (χ0n) is 14.5. The summed E-state index contributed by atoms with van der Waals surface area (Å²) in [5, 5.41) is 2.56. The van der Waals surface area contributed by atoms with Crippen molar-refractivity contribution in [2.45, 2.75) is 26.3 Å². The van der Waals surface area contributed by atoms with Gasteiger partial charge in [0.05, 0.1) is 18.3 Å². The summed E-state index contributed by atoms with van der Waals surface area (Å²) >= 11 is 0. The number of rotatable bonds is 2. The van der Waals surface area contributed by atoms with Crippen LogP contribution in [0.25, 0.3) is 32.9 Å². The fourth-order valence-corrected chi connectivity index (χ4v) is 4.00. The molecule has 0 saturated heterocycles. The standard InChI is InChI=1S/C22H20N2O/c1-14(2)24-20-5-3-16(12-19(20)18-7-9-23-13-21(18)24)15-4-6-22-17(11-15)8-10-25-22/h3-7,9,11-14H,8,10H2,1-2H3.